The van der Waals surface area contributed by atoms with Crippen molar-refractivity contribution in [2.75, 3.05) is 30.9 Å². The lowest BCUT2D eigenvalue weighted by Gasteiger charge is -2.21. The van der Waals surface area contributed by atoms with Gasteiger partial charge in [0.05, 0.1) is 13.2 Å². The van der Waals surface area contributed by atoms with Crippen molar-refractivity contribution >= 4 is 46.3 Å². The average molecular weight is 459 g/mol. The molecule has 3 aromatic rings. The van der Waals surface area contributed by atoms with Gasteiger partial charge in [-0.15, -0.1) is 11.3 Å². The second kappa shape index (κ2) is 10.9. The third-order valence-electron chi connectivity index (χ3n) is 4.35. The lowest BCUT2D eigenvalue weighted by atomic mass is 10.2. The monoisotopic (exact) mass is 458 g/mol. The Morgan fingerprint density at radius 3 is 2.61 bits per heavy atom. The largest absolute Gasteiger partial charge is 0.383 e. The number of nitrogens with one attached hydrogen (secondary N) is 2. The van der Waals surface area contributed by atoms with E-state index in [9.17, 15) is 9.59 Å². The van der Waals surface area contributed by atoms with Crippen molar-refractivity contribution < 1.29 is 14.3 Å². The molecule has 31 heavy (non-hydrogen) atoms. The van der Waals surface area contributed by atoms with E-state index >= 15 is 0 Å². The van der Waals surface area contributed by atoms with Gasteiger partial charge >= 0.3 is 6.03 Å². The van der Waals surface area contributed by atoms with Gasteiger partial charge in [-0.1, -0.05) is 35.4 Å². The molecule has 0 aliphatic carbocycles. The van der Waals surface area contributed by atoms with Crippen LogP contribution in [-0.2, 0) is 11.3 Å². The molecule has 2 N–H and O–H groups in total. The number of nitrogens with zero attached hydrogens (tertiary/aromatic N) is 2. The number of aromatic nitrogens is 1. The van der Waals surface area contributed by atoms with Crippen LogP contribution in [0.25, 0.3) is 0 Å². The first-order valence-corrected chi connectivity index (χ1v) is 10.8. The van der Waals surface area contributed by atoms with E-state index in [0.29, 0.717) is 40.3 Å². The molecule has 0 aliphatic rings. The summed E-state index contributed by atoms with van der Waals surface area (Å²) in [6.07, 6.45) is 0. The number of amides is 3. The Kier molecular flexibility index (Phi) is 8.00. The summed E-state index contributed by atoms with van der Waals surface area (Å²) in [5, 5.41) is 8.51. The molecular weight excluding hydrogens is 436 g/mol. The molecule has 0 aliphatic heterocycles. The van der Waals surface area contributed by atoms with E-state index in [-0.39, 0.29) is 18.5 Å². The number of methoxy groups -OCH3 is 1. The number of hydrogen-bond donors (Lipinski definition) is 2. The maximum Gasteiger partial charge on any atom is 0.322 e. The predicted molar refractivity (Wildman–Crippen MR) is 124 cm³/mol. The number of aryl methyl sites for hydroxylation is 1. The molecule has 1 aromatic heterocycles. The Balaban J connectivity index is 1.65. The number of carbonyl (C=O) groups is 2. The van der Waals surface area contributed by atoms with Gasteiger partial charge in [-0.25, -0.2) is 9.78 Å². The first kappa shape index (κ1) is 22.7. The van der Waals surface area contributed by atoms with Gasteiger partial charge in [0, 0.05) is 35.4 Å². The maximum absolute atomic E-state index is 12.8. The molecule has 0 spiro atoms. The normalized spacial score (nSPS) is 10.5. The lowest BCUT2D eigenvalue weighted by molar-refractivity contribution is 0.102. The van der Waals surface area contributed by atoms with Crippen molar-refractivity contribution in [2.45, 2.75) is 13.5 Å². The molecule has 0 radical (unpaired) electrons. The Hall–Kier alpha value is -2.94. The molecule has 0 fully saturated rings. The molecule has 0 atom stereocenters. The average Bonchev–Trinajstić information content (AvgIpc) is 3.21. The minimum absolute atomic E-state index is 0.248. The van der Waals surface area contributed by atoms with E-state index in [0.717, 1.165) is 5.56 Å². The SMILES string of the molecule is COCCN(Cc1nc(C(=O)Nc2ccc(C)cc2)cs1)C(=O)Nc1cccc(Cl)c1. The van der Waals surface area contributed by atoms with Gasteiger partial charge in [-0.05, 0) is 37.3 Å². The fourth-order valence-corrected chi connectivity index (χ4v) is 3.68. The number of hydrogen-bond acceptors (Lipinski definition) is 5. The molecule has 3 amide bonds. The quantitative estimate of drug-likeness (QED) is 0.495. The van der Waals surface area contributed by atoms with Crippen molar-refractivity contribution in [3.63, 3.8) is 0 Å². The summed E-state index contributed by atoms with van der Waals surface area (Å²) >= 11 is 7.31. The van der Waals surface area contributed by atoms with Crippen LogP contribution in [-0.4, -0.2) is 42.1 Å². The van der Waals surface area contributed by atoms with Crippen LogP contribution in [0.2, 0.25) is 5.02 Å². The molecule has 9 heteroatoms. The van der Waals surface area contributed by atoms with Crippen LogP contribution in [0.3, 0.4) is 0 Å². The molecule has 7 nitrogen and oxygen atoms in total. The second-order valence-corrected chi connectivity index (χ2v) is 8.18. The molecule has 0 saturated heterocycles. The summed E-state index contributed by atoms with van der Waals surface area (Å²) in [6.45, 7) is 2.97. The topological polar surface area (TPSA) is 83.6 Å². The van der Waals surface area contributed by atoms with Crippen LogP contribution in [0.5, 0.6) is 0 Å². The number of ether oxygens (including phenoxy) is 1. The Bertz CT molecular complexity index is 1040. The second-order valence-electron chi connectivity index (χ2n) is 6.80. The minimum atomic E-state index is -0.305. The van der Waals surface area contributed by atoms with E-state index in [1.165, 1.54) is 11.3 Å². The molecule has 2 aromatic carbocycles. The van der Waals surface area contributed by atoms with E-state index < -0.39 is 0 Å². The molecule has 3 rings (SSSR count). The van der Waals surface area contributed by atoms with Crippen molar-refractivity contribution in [2.24, 2.45) is 0 Å². The van der Waals surface area contributed by atoms with Gasteiger partial charge in [0.1, 0.15) is 10.7 Å². The summed E-state index contributed by atoms with van der Waals surface area (Å²) in [6, 6.07) is 14.2. The number of carbonyl (C=O) groups excluding carboxylic acids is 2. The molecular formula is C22H23ClN4O3S. The van der Waals surface area contributed by atoms with Gasteiger partial charge in [-0.2, -0.15) is 0 Å². The number of anilines is 2. The number of urea groups is 1. The Labute approximate surface area is 190 Å². The maximum atomic E-state index is 12.8. The lowest BCUT2D eigenvalue weighted by Crippen LogP contribution is -2.36. The number of rotatable bonds is 8. The number of halogens is 1. The molecule has 162 valence electrons. The third-order valence-corrected chi connectivity index (χ3v) is 5.42. The molecule has 1 heterocycles. The van der Waals surface area contributed by atoms with E-state index in [4.69, 9.17) is 16.3 Å². The summed E-state index contributed by atoms with van der Waals surface area (Å²) in [5.74, 6) is -0.293. The van der Waals surface area contributed by atoms with Gasteiger partial charge in [0.25, 0.3) is 5.91 Å². The van der Waals surface area contributed by atoms with E-state index in [2.05, 4.69) is 15.6 Å². The minimum Gasteiger partial charge on any atom is -0.383 e. The summed E-state index contributed by atoms with van der Waals surface area (Å²) < 4.78 is 5.12. The van der Waals surface area contributed by atoms with E-state index in [1.807, 2.05) is 31.2 Å². The zero-order chi connectivity index (χ0) is 22.2. The summed E-state index contributed by atoms with van der Waals surface area (Å²) in [7, 11) is 1.57. The first-order chi connectivity index (χ1) is 14.9. The van der Waals surface area contributed by atoms with Crippen LogP contribution >= 0.6 is 22.9 Å². The van der Waals surface area contributed by atoms with Crippen LogP contribution in [0.15, 0.2) is 53.9 Å². The highest BCUT2D eigenvalue weighted by molar-refractivity contribution is 7.09. The fraction of sp³-hybridized carbons (Fsp3) is 0.227. The van der Waals surface area contributed by atoms with Crippen LogP contribution < -0.4 is 10.6 Å². The highest BCUT2D eigenvalue weighted by Crippen LogP contribution is 2.18. The van der Waals surface area contributed by atoms with Crippen LogP contribution in [0.4, 0.5) is 16.2 Å². The Morgan fingerprint density at radius 1 is 1.13 bits per heavy atom. The number of benzene rings is 2. The van der Waals surface area contributed by atoms with Gasteiger partial charge in [0.2, 0.25) is 0 Å². The van der Waals surface area contributed by atoms with E-state index in [1.54, 1.807) is 41.7 Å². The summed E-state index contributed by atoms with van der Waals surface area (Å²) in [5.41, 5.74) is 2.72. The van der Waals surface area contributed by atoms with Crippen molar-refractivity contribution in [1.82, 2.24) is 9.88 Å². The zero-order valence-electron chi connectivity index (χ0n) is 17.2. The standard InChI is InChI=1S/C22H23ClN4O3S/c1-15-6-8-17(9-7-15)24-21(28)19-14-31-20(26-19)13-27(10-11-30-2)22(29)25-18-5-3-4-16(23)12-18/h3-9,12,14H,10-11,13H2,1-2H3,(H,24,28)(H,25,29). The van der Waals surface area contributed by atoms with Crippen molar-refractivity contribution in [3.05, 3.63) is 75.2 Å². The highest BCUT2D eigenvalue weighted by Gasteiger charge is 2.18. The van der Waals surface area contributed by atoms with Crippen molar-refractivity contribution in [1.29, 1.82) is 0 Å². The first-order valence-electron chi connectivity index (χ1n) is 9.57. The van der Waals surface area contributed by atoms with Gasteiger partial charge in [0.15, 0.2) is 0 Å². The van der Waals surface area contributed by atoms with Crippen molar-refractivity contribution in [3.8, 4) is 0 Å². The number of thiazole rings is 1. The van der Waals surface area contributed by atoms with Crippen LogP contribution in [0.1, 0.15) is 21.1 Å². The smallest absolute Gasteiger partial charge is 0.322 e. The van der Waals surface area contributed by atoms with Crippen LogP contribution in [0, 0.1) is 6.92 Å². The predicted octanol–water partition coefficient (Wildman–Crippen LogP) is 5.04. The van der Waals surface area contributed by atoms with Gasteiger partial charge in [-0.3, -0.25) is 4.79 Å². The molecule has 0 bridgehead atoms. The highest BCUT2D eigenvalue weighted by atomic mass is 35.5. The Morgan fingerprint density at radius 2 is 1.90 bits per heavy atom. The third kappa shape index (κ3) is 6.78. The fourth-order valence-electron chi connectivity index (χ4n) is 2.71. The zero-order valence-corrected chi connectivity index (χ0v) is 18.8. The summed E-state index contributed by atoms with van der Waals surface area (Å²) in [4.78, 5) is 31.2. The molecule has 0 saturated carbocycles. The van der Waals surface area contributed by atoms with Gasteiger partial charge < -0.3 is 20.3 Å². The molecule has 0 unspecified atom stereocenters.